The van der Waals surface area contributed by atoms with E-state index in [1.807, 2.05) is 43.6 Å². The van der Waals surface area contributed by atoms with Gasteiger partial charge in [-0.1, -0.05) is 30.3 Å². The van der Waals surface area contributed by atoms with Crippen molar-refractivity contribution in [3.63, 3.8) is 0 Å². The second-order valence-corrected chi connectivity index (χ2v) is 3.84. The molecule has 0 aliphatic rings. The average Bonchev–Trinajstić information content (AvgIpc) is 2.71. The fraction of sp³-hybridized carbons (Fsp3) is 0.0833. The second-order valence-electron chi connectivity index (χ2n) is 3.84. The molecule has 2 N–H and O–H groups in total. The maximum absolute atomic E-state index is 5.88. The van der Waals surface area contributed by atoms with Crippen LogP contribution in [0.2, 0.25) is 0 Å². The molecular formula is C12H11N5. The van der Waals surface area contributed by atoms with Crippen LogP contribution in [0, 0.1) is 0 Å². The first kappa shape index (κ1) is 9.77. The van der Waals surface area contributed by atoms with Crippen LogP contribution in [0.4, 0.5) is 5.82 Å². The number of anilines is 1. The van der Waals surface area contributed by atoms with Crippen molar-refractivity contribution in [2.75, 3.05) is 5.73 Å². The van der Waals surface area contributed by atoms with E-state index in [4.69, 9.17) is 5.73 Å². The van der Waals surface area contributed by atoms with E-state index in [-0.39, 0.29) is 0 Å². The zero-order valence-corrected chi connectivity index (χ0v) is 9.33. The summed E-state index contributed by atoms with van der Waals surface area (Å²) in [6.45, 7) is 0. The van der Waals surface area contributed by atoms with Gasteiger partial charge in [0.15, 0.2) is 17.2 Å². The molecule has 1 aromatic carbocycles. The predicted octanol–water partition coefficient (Wildman–Crippen LogP) is 1.61. The van der Waals surface area contributed by atoms with Gasteiger partial charge in [0.2, 0.25) is 0 Å². The third-order valence-corrected chi connectivity index (χ3v) is 2.54. The molecule has 0 saturated heterocycles. The Morgan fingerprint density at radius 3 is 2.65 bits per heavy atom. The molecule has 2 aromatic heterocycles. The summed E-state index contributed by atoms with van der Waals surface area (Å²) in [5.41, 5.74) is 8.24. The molecule has 0 atom stereocenters. The van der Waals surface area contributed by atoms with Gasteiger partial charge >= 0.3 is 0 Å². The number of rotatable bonds is 1. The van der Waals surface area contributed by atoms with Crippen molar-refractivity contribution < 1.29 is 0 Å². The van der Waals surface area contributed by atoms with Gasteiger partial charge in [0.05, 0.1) is 6.20 Å². The smallest absolute Gasteiger partial charge is 0.162 e. The summed E-state index contributed by atoms with van der Waals surface area (Å²) in [5.74, 6) is 1.04. The first-order valence-electron chi connectivity index (χ1n) is 5.26. The van der Waals surface area contributed by atoms with E-state index in [9.17, 15) is 0 Å². The Balaban J connectivity index is 2.25. The van der Waals surface area contributed by atoms with Crippen molar-refractivity contribution in [3.05, 3.63) is 36.5 Å². The minimum absolute atomic E-state index is 0.412. The van der Waals surface area contributed by atoms with E-state index in [1.54, 1.807) is 4.68 Å². The maximum Gasteiger partial charge on any atom is 0.162 e. The summed E-state index contributed by atoms with van der Waals surface area (Å²) in [5, 5.41) is 4.21. The molecule has 5 heteroatoms. The van der Waals surface area contributed by atoms with Crippen LogP contribution in [0.3, 0.4) is 0 Å². The maximum atomic E-state index is 5.88. The lowest BCUT2D eigenvalue weighted by Gasteiger charge is -2.01. The summed E-state index contributed by atoms with van der Waals surface area (Å²) < 4.78 is 1.68. The average molecular weight is 225 g/mol. The lowest BCUT2D eigenvalue weighted by Crippen LogP contribution is -1.97. The van der Waals surface area contributed by atoms with Crippen molar-refractivity contribution in [1.82, 2.24) is 19.7 Å². The largest absolute Gasteiger partial charge is 0.382 e. The van der Waals surface area contributed by atoms with Crippen LogP contribution in [0.1, 0.15) is 0 Å². The SMILES string of the molecule is Cn1cc2nc(-c3ccccc3)nc(N)c2n1. The highest BCUT2D eigenvalue weighted by atomic mass is 15.3. The van der Waals surface area contributed by atoms with Gasteiger partial charge in [0.25, 0.3) is 0 Å². The van der Waals surface area contributed by atoms with E-state index < -0.39 is 0 Å². The van der Waals surface area contributed by atoms with E-state index in [2.05, 4.69) is 15.1 Å². The Labute approximate surface area is 97.9 Å². The minimum Gasteiger partial charge on any atom is -0.382 e. The second kappa shape index (κ2) is 3.55. The molecule has 17 heavy (non-hydrogen) atoms. The van der Waals surface area contributed by atoms with Gasteiger partial charge in [0, 0.05) is 12.6 Å². The summed E-state index contributed by atoms with van der Waals surface area (Å²) in [7, 11) is 1.84. The first-order chi connectivity index (χ1) is 8.24. The van der Waals surface area contributed by atoms with Crippen molar-refractivity contribution in [1.29, 1.82) is 0 Å². The van der Waals surface area contributed by atoms with Crippen LogP contribution >= 0.6 is 0 Å². The highest BCUT2D eigenvalue weighted by Gasteiger charge is 2.09. The number of fused-ring (bicyclic) bond motifs is 1. The monoisotopic (exact) mass is 225 g/mol. The topological polar surface area (TPSA) is 69.6 Å². The number of hydrogen-bond donors (Lipinski definition) is 1. The number of nitrogens with zero attached hydrogens (tertiary/aromatic N) is 4. The number of benzene rings is 1. The van der Waals surface area contributed by atoms with E-state index >= 15 is 0 Å². The number of aromatic nitrogens is 4. The highest BCUT2D eigenvalue weighted by Crippen LogP contribution is 2.21. The molecule has 3 aromatic rings. The predicted molar refractivity (Wildman–Crippen MR) is 66.2 cm³/mol. The van der Waals surface area contributed by atoms with Gasteiger partial charge < -0.3 is 5.73 Å². The fourth-order valence-corrected chi connectivity index (χ4v) is 1.76. The molecule has 5 nitrogen and oxygen atoms in total. The van der Waals surface area contributed by atoms with Gasteiger partial charge in [-0.15, -0.1) is 0 Å². The van der Waals surface area contributed by atoms with Crippen LogP contribution in [0.15, 0.2) is 36.5 Å². The van der Waals surface area contributed by atoms with E-state index in [0.717, 1.165) is 11.1 Å². The van der Waals surface area contributed by atoms with Crippen LogP contribution < -0.4 is 5.73 Å². The zero-order valence-electron chi connectivity index (χ0n) is 9.33. The molecule has 0 saturated carbocycles. The Bertz CT molecular complexity index is 672. The molecule has 0 amide bonds. The van der Waals surface area contributed by atoms with Crippen LogP contribution in [-0.4, -0.2) is 19.7 Å². The van der Waals surface area contributed by atoms with Gasteiger partial charge in [0.1, 0.15) is 5.52 Å². The Morgan fingerprint density at radius 1 is 1.12 bits per heavy atom. The van der Waals surface area contributed by atoms with Crippen molar-refractivity contribution in [3.8, 4) is 11.4 Å². The molecule has 0 bridgehead atoms. The number of hydrogen-bond acceptors (Lipinski definition) is 4. The molecule has 0 fully saturated rings. The fourth-order valence-electron chi connectivity index (χ4n) is 1.76. The van der Waals surface area contributed by atoms with Crippen molar-refractivity contribution >= 4 is 16.9 Å². The molecule has 2 heterocycles. The van der Waals surface area contributed by atoms with Crippen molar-refractivity contribution in [2.24, 2.45) is 7.05 Å². The van der Waals surface area contributed by atoms with Gasteiger partial charge in [-0.05, 0) is 0 Å². The summed E-state index contributed by atoms with van der Waals surface area (Å²) in [6, 6.07) is 9.76. The zero-order chi connectivity index (χ0) is 11.8. The number of nitrogens with two attached hydrogens (primary N) is 1. The Kier molecular flexibility index (Phi) is 2.04. The molecule has 0 radical (unpaired) electrons. The van der Waals surface area contributed by atoms with Gasteiger partial charge in [-0.2, -0.15) is 5.10 Å². The standard InChI is InChI=1S/C12H11N5/c1-17-7-9-10(16-17)11(13)15-12(14-9)8-5-3-2-4-6-8/h2-7H,1H3,(H2,13,14,15). The molecule has 84 valence electrons. The van der Waals surface area contributed by atoms with E-state index in [1.165, 1.54) is 0 Å². The minimum atomic E-state index is 0.412. The van der Waals surface area contributed by atoms with Gasteiger partial charge in [-0.3, -0.25) is 4.68 Å². The molecule has 0 spiro atoms. The van der Waals surface area contributed by atoms with Crippen molar-refractivity contribution in [2.45, 2.75) is 0 Å². The highest BCUT2D eigenvalue weighted by molar-refractivity contribution is 5.85. The van der Waals surface area contributed by atoms with Gasteiger partial charge in [-0.25, -0.2) is 9.97 Å². The van der Waals surface area contributed by atoms with E-state index in [0.29, 0.717) is 17.2 Å². The van der Waals surface area contributed by atoms with Crippen LogP contribution in [0.5, 0.6) is 0 Å². The molecule has 0 unspecified atom stereocenters. The Hall–Kier alpha value is -2.43. The molecular weight excluding hydrogens is 214 g/mol. The third kappa shape index (κ3) is 1.61. The summed E-state index contributed by atoms with van der Waals surface area (Å²) in [6.07, 6.45) is 1.83. The molecule has 3 rings (SSSR count). The summed E-state index contributed by atoms with van der Waals surface area (Å²) >= 11 is 0. The normalized spacial score (nSPS) is 10.9. The molecule has 0 aliphatic heterocycles. The first-order valence-corrected chi connectivity index (χ1v) is 5.26. The number of aryl methyl sites for hydroxylation is 1. The number of nitrogen functional groups attached to an aromatic ring is 1. The summed E-state index contributed by atoms with van der Waals surface area (Å²) in [4.78, 5) is 8.73. The lowest BCUT2D eigenvalue weighted by molar-refractivity contribution is 0.779. The quantitative estimate of drug-likeness (QED) is 0.683. The van der Waals surface area contributed by atoms with Crippen LogP contribution in [0.25, 0.3) is 22.4 Å². The Morgan fingerprint density at radius 2 is 1.88 bits per heavy atom. The third-order valence-electron chi connectivity index (χ3n) is 2.54. The van der Waals surface area contributed by atoms with Crippen LogP contribution in [-0.2, 0) is 7.05 Å². The molecule has 0 aliphatic carbocycles. The lowest BCUT2D eigenvalue weighted by atomic mass is 10.2.